The number of aliphatic hydroxyl groups is 1. The summed E-state index contributed by atoms with van der Waals surface area (Å²) in [5, 5.41) is 14.3. The Morgan fingerprint density at radius 3 is 3.00 bits per heavy atom. The Morgan fingerprint density at radius 1 is 1.50 bits per heavy atom. The average Bonchev–Trinajstić information content (AvgIpc) is 2.37. The summed E-state index contributed by atoms with van der Waals surface area (Å²) in [4.78, 5) is 23.1. The minimum absolute atomic E-state index is 0.00797. The van der Waals surface area contributed by atoms with Gasteiger partial charge >= 0.3 is 0 Å². The largest absolute Gasteiger partial charge is 0.394 e. The molecule has 1 heterocycles. The Morgan fingerprint density at radius 2 is 2.28 bits per heavy atom. The van der Waals surface area contributed by atoms with Crippen LogP contribution in [0.4, 0.5) is 5.69 Å². The van der Waals surface area contributed by atoms with E-state index < -0.39 is 0 Å². The lowest BCUT2D eigenvalue weighted by molar-refractivity contribution is -0.116. The molecule has 18 heavy (non-hydrogen) atoms. The van der Waals surface area contributed by atoms with Gasteiger partial charge in [-0.1, -0.05) is 0 Å². The van der Waals surface area contributed by atoms with E-state index in [2.05, 4.69) is 10.6 Å². The number of aliphatic hydroxyl groups excluding tert-OH is 1. The molecule has 0 aliphatic carbocycles. The number of amides is 2. The summed E-state index contributed by atoms with van der Waals surface area (Å²) >= 11 is 0. The number of rotatable bonds is 3. The molecule has 0 saturated carbocycles. The maximum atomic E-state index is 11.9. The van der Waals surface area contributed by atoms with Crippen molar-refractivity contribution >= 4 is 17.5 Å². The second-order valence-electron chi connectivity index (χ2n) is 4.48. The normalized spacial score (nSPS) is 15.6. The Bertz CT molecular complexity index is 485. The molecule has 0 unspecified atom stereocenters. The highest BCUT2D eigenvalue weighted by molar-refractivity contribution is 5.98. The molecule has 0 spiro atoms. The number of hydrogen-bond donors (Lipinski definition) is 3. The van der Waals surface area contributed by atoms with Gasteiger partial charge in [0.1, 0.15) is 0 Å². The Kier molecular flexibility index (Phi) is 3.62. The van der Waals surface area contributed by atoms with Gasteiger partial charge in [0.25, 0.3) is 5.91 Å². The number of anilines is 1. The van der Waals surface area contributed by atoms with Gasteiger partial charge in [-0.25, -0.2) is 0 Å². The first-order valence-corrected chi connectivity index (χ1v) is 5.94. The number of carbonyl (C=O) groups is 2. The Labute approximate surface area is 105 Å². The zero-order valence-electron chi connectivity index (χ0n) is 10.2. The summed E-state index contributed by atoms with van der Waals surface area (Å²) in [5.41, 5.74) is 2.29. The first-order valence-electron chi connectivity index (χ1n) is 5.94. The SMILES string of the molecule is C[C@H](CO)NC(=O)c1ccc2c(c1)CCC(=O)N2. The lowest BCUT2D eigenvalue weighted by atomic mass is 10.00. The summed E-state index contributed by atoms with van der Waals surface area (Å²) in [6, 6.07) is 4.93. The molecule has 1 aromatic carbocycles. The smallest absolute Gasteiger partial charge is 0.251 e. The molecule has 5 heteroatoms. The van der Waals surface area contributed by atoms with E-state index in [1.54, 1.807) is 25.1 Å². The van der Waals surface area contributed by atoms with Crippen molar-refractivity contribution in [1.82, 2.24) is 5.32 Å². The molecule has 1 aliphatic rings. The predicted molar refractivity (Wildman–Crippen MR) is 67.4 cm³/mol. The fourth-order valence-corrected chi connectivity index (χ4v) is 1.88. The van der Waals surface area contributed by atoms with Crippen molar-refractivity contribution in [3.63, 3.8) is 0 Å². The molecular formula is C13H16N2O3. The van der Waals surface area contributed by atoms with E-state index in [0.717, 1.165) is 11.3 Å². The van der Waals surface area contributed by atoms with Crippen molar-refractivity contribution in [3.8, 4) is 0 Å². The highest BCUT2D eigenvalue weighted by atomic mass is 16.3. The van der Waals surface area contributed by atoms with Gasteiger partial charge in [-0.2, -0.15) is 0 Å². The van der Waals surface area contributed by atoms with Crippen molar-refractivity contribution in [2.75, 3.05) is 11.9 Å². The number of benzene rings is 1. The van der Waals surface area contributed by atoms with Crippen molar-refractivity contribution in [2.24, 2.45) is 0 Å². The maximum absolute atomic E-state index is 11.9. The van der Waals surface area contributed by atoms with Crippen LogP contribution in [0.1, 0.15) is 29.3 Å². The fourth-order valence-electron chi connectivity index (χ4n) is 1.88. The molecule has 0 saturated heterocycles. The average molecular weight is 248 g/mol. The van der Waals surface area contributed by atoms with Crippen LogP contribution in [0.2, 0.25) is 0 Å². The summed E-state index contributed by atoms with van der Waals surface area (Å²) in [7, 11) is 0. The van der Waals surface area contributed by atoms with Gasteiger partial charge in [0, 0.05) is 23.7 Å². The molecule has 2 rings (SSSR count). The number of nitrogens with one attached hydrogen (secondary N) is 2. The van der Waals surface area contributed by atoms with Gasteiger partial charge in [-0.15, -0.1) is 0 Å². The van der Waals surface area contributed by atoms with Gasteiger partial charge in [0.05, 0.1) is 6.61 Å². The molecule has 3 N–H and O–H groups in total. The van der Waals surface area contributed by atoms with E-state index in [1.165, 1.54) is 0 Å². The topological polar surface area (TPSA) is 78.4 Å². The molecule has 0 aromatic heterocycles. The van der Waals surface area contributed by atoms with E-state index in [9.17, 15) is 9.59 Å². The predicted octanol–water partition coefficient (Wildman–Crippen LogP) is 0.682. The third kappa shape index (κ3) is 2.68. The molecular weight excluding hydrogens is 232 g/mol. The second-order valence-corrected chi connectivity index (χ2v) is 4.48. The van der Waals surface area contributed by atoms with Crippen LogP contribution < -0.4 is 10.6 Å². The van der Waals surface area contributed by atoms with Crippen molar-refractivity contribution in [1.29, 1.82) is 0 Å². The Balaban J connectivity index is 2.16. The van der Waals surface area contributed by atoms with E-state index in [4.69, 9.17) is 5.11 Å². The van der Waals surface area contributed by atoms with Crippen molar-refractivity contribution in [3.05, 3.63) is 29.3 Å². The quantitative estimate of drug-likeness (QED) is 0.736. The minimum Gasteiger partial charge on any atom is -0.394 e. The highest BCUT2D eigenvalue weighted by Crippen LogP contribution is 2.23. The lowest BCUT2D eigenvalue weighted by Gasteiger charge is -2.18. The first kappa shape index (κ1) is 12.6. The van der Waals surface area contributed by atoms with E-state index in [1.807, 2.05) is 0 Å². The van der Waals surface area contributed by atoms with Gasteiger partial charge in [-0.3, -0.25) is 9.59 Å². The summed E-state index contributed by atoms with van der Waals surface area (Å²) in [6.07, 6.45) is 1.10. The van der Waals surface area contributed by atoms with Gasteiger partial charge in [0.2, 0.25) is 5.91 Å². The van der Waals surface area contributed by atoms with E-state index in [-0.39, 0.29) is 24.5 Å². The van der Waals surface area contributed by atoms with Crippen molar-refractivity contribution in [2.45, 2.75) is 25.8 Å². The number of carbonyl (C=O) groups excluding carboxylic acids is 2. The third-order valence-corrected chi connectivity index (χ3v) is 2.91. The standard InChI is InChI=1S/C13H16N2O3/c1-8(7-16)14-13(18)10-2-4-11-9(6-10)3-5-12(17)15-11/h2,4,6,8,16H,3,5,7H2,1H3,(H,14,18)(H,15,17)/t8-/m1/s1. The van der Waals surface area contributed by atoms with Gasteiger partial charge in [-0.05, 0) is 37.1 Å². The van der Waals surface area contributed by atoms with Crippen LogP contribution in [-0.4, -0.2) is 29.6 Å². The molecule has 1 aliphatic heterocycles. The fraction of sp³-hybridized carbons (Fsp3) is 0.385. The molecule has 5 nitrogen and oxygen atoms in total. The van der Waals surface area contributed by atoms with E-state index >= 15 is 0 Å². The minimum atomic E-state index is -0.270. The summed E-state index contributed by atoms with van der Waals surface area (Å²) in [6.45, 7) is 1.64. The van der Waals surface area contributed by atoms with Crippen LogP contribution in [-0.2, 0) is 11.2 Å². The highest BCUT2D eigenvalue weighted by Gasteiger charge is 2.17. The molecule has 0 bridgehead atoms. The molecule has 96 valence electrons. The van der Waals surface area contributed by atoms with Crippen LogP contribution in [0.15, 0.2) is 18.2 Å². The first-order chi connectivity index (χ1) is 8.60. The number of hydrogen-bond acceptors (Lipinski definition) is 3. The monoisotopic (exact) mass is 248 g/mol. The summed E-state index contributed by atoms with van der Waals surface area (Å²) < 4.78 is 0. The zero-order valence-corrected chi connectivity index (χ0v) is 10.2. The number of fused-ring (bicyclic) bond motifs is 1. The van der Waals surface area contributed by atoms with Gasteiger partial charge in [0.15, 0.2) is 0 Å². The zero-order chi connectivity index (χ0) is 13.1. The molecule has 0 radical (unpaired) electrons. The summed E-state index contributed by atoms with van der Waals surface area (Å²) in [5.74, 6) is -0.204. The molecule has 1 atom stereocenters. The van der Waals surface area contributed by atoms with Crippen LogP contribution in [0.25, 0.3) is 0 Å². The van der Waals surface area contributed by atoms with Crippen molar-refractivity contribution < 1.29 is 14.7 Å². The second kappa shape index (κ2) is 5.18. The molecule has 0 fully saturated rings. The number of aryl methyl sites for hydroxylation is 1. The van der Waals surface area contributed by atoms with Gasteiger partial charge < -0.3 is 15.7 Å². The Hall–Kier alpha value is -1.88. The van der Waals surface area contributed by atoms with Crippen LogP contribution in [0.5, 0.6) is 0 Å². The van der Waals surface area contributed by atoms with Crippen LogP contribution >= 0.6 is 0 Å². The van der Waals surface area contributed by atoms with E-state index in [0.29, 0.717) is 18.4 Å². The van der Waals surface area contributed by atoms with Crippen LogP contribution in [0, 0.1) is 0 Å². The maximum Gasteiger partial charge on any atom is 0.251 e. The molecule has 1 aromatic rings. The molecule has 2 amide bonds. The van der Waals surface area contributed by atoms with Crippen LogP contribution in [0.3, 0.4) is 0 Å². The lowest BCUT2D eigenvalue weighted by Crippen LogP contribution is -2.35. The third-order valence-electron chi connectivity index (χ3n) is 2.91.